The van der Waals surface area contributed by atoms with Gasteiger partial charge < -0.3 is 0 Å². The lowest BCUT2D eigenvalue weighted by atomic mass is 10.4. The van der Waals surface area contributed by atoms with Gasteiger partial charge >= 0.3 is 0 Å². The average Bonchev–Trinajstić information content (AvgIpc) is 2.84. The Hall–Kier alpha value is -2.21. The van der Waals surface area contributed by atoms with E-state index in [0.29, 0.717) is 11.0 Å². The van der Waals surface area contributed by atoms with E-state index in [-0.39, 0.29) is 4.90 Å². The number of fused-ring (bicyclic) bond motifs is 1. The van der Waals surface area contributed by atoms with Crippen molar-refractivity contribution in [2.45, 2.75) is 4.90 Å². The zero-order valence-corrected chi connectivity index (χ0v) is 10.1. The van der Waals surface area contributed by atoms with Gasteiger partial charge in [0, 0.05) is 17.8 Å². The average molecular weight is 259 g/mol. The maximum atomic E-state index is 12.4. The van der Waals surface area contributed by atoms with Crippen LogP contribution in [0.25, 0.3) is 11.0 Å². The Bertz CT molecular complexity index is 794. The molecule has 0 aliphatic rings. The van der Waals surface area contributed by atoms with Gasteiger partial charge in [-0.05, 0) is 18.2 Å². The maximum Gasteiger partial charge on any atom is 0.269 e. The monoisotopic (exact) mass is 259 g/mol. The molecule has 1 aromatic carbocycles. The second-order valence-corrected chi connectivity index (χ2v) is 5.55. The van der Waals surface area contributed by atoms with Gasteiger partial charge in [-0.15, -0.1) is 0 Å². The van der Waals surface area contributed by atoms with Crippen LogP contribution in [-0.2, 0) is 10.0 Å². The Kier molecular flexibility index (Phi) is 2.38. The lowest BCUT2D eigenvalue weighted by Crippen LogP contribution is -2.12. The second-order valence-electron chi connectivity index (χ2n) is 3.73. The third-order valence-corrected chi connectivity index (χ3v) is 4.30. The highest BCUT2D eigenvalue weighted by atomic mass is 32.2. The van der Waals surface area contributed by atoms with Crippen LogP contribution in [0.2, 0.25) is 0 Å². The molecule has 0 aliphatic heterocycles. The highest BCUT2D eigenvalue weighted by molar-refractivity contribution is 7.90. The third-order valence-electron chi connectivity index (χ3n) is 2.62. The molecule has 2 heterocycles. The van der Waals surface area contributed by atoms with Gasteiger partial charge in [0.05, 0.1) is 4.90 Å². The largest absolute Gasteiger partial charge is 0.269 e. The molecule has 5 nitrogen and oxygen atoms in total. The summed E-state index contributed by atoms with van der Waals surface area (Å²) in [6.45, 7) is 0. The molecule has 0 saturated carbocycles. The molecule has 0 saturated heterocycles. The summed E-state index contributed by atoms with van der Waals surface area (Å²) in [7, 11) is -3.60. The van der Waals surface area contributed by atoms with Gasteiger partial charge in [-0.25, -0.2) is 22.4 Å². The minimum atomic E-state index is -3.60. The fraction of sp³-hybridized carbons (Fsp3) is 0. The lowest BCUT2D eigenvalue weighted by molar-refractivity contribution is 0.588. The van der Waals surface area contributed by atoms with Crippen molar-refractivity contribution < 1.29 is 8.42 Å². The predicted molar refractivity (Wildman–Crippen MR) is 66.6 cm³/mol. The van der Waals surface area contributed by atoms with Crippen molar-refractivity contribution in [2.75, 3.05) is 0 Å². The minimum Gasteiger partial charge on any atom is -0.244 e. The second kappa shape index (κ2) is 3.92. The molecule has 0 spiro atoms. The fourth-order valence-corrected chi connectivity index (χ4v) is 3.08. The normalized spacial score (nSPS) is 11.8. The molecule has 0 fully saturated rings. The third kappa shape index (κ3) is 1.58. The summed E-state index contributed by atoms with van der Waals surface area (Å²) in [4.78, 5) is 8.10. The fourth-order valence-electron chi connectivity index (χ4n) is 1.75. The van der Waals surface area contributed by atoms with Gasteiger partial charge in [0.15, 0.2) is 5.65 Å². The summed E-state index contributed by atoms with van der Waals surface area (Å²) in [5.41, 5.74) is 0.383. The van der Waals surface area contributed by atoms with Crippen LogP contribution >= 0.6 is 0 Å². The standard InChI is InChI=1S/C12H9N3O2S/c16-18(17,11-4-2-1-3-5-11)15-7-6-10-8-13-9-14-12(10)15/h1-9H. The first-order chi connectivity index (χ1) is 8.69. The van der Waals surface area contributed by atoms with Crippen LogP contribution in [0.5, 0.6) is 0 Å². The Morgan fingerprint density at radius 3 is 2.61 bits per heavy atom. The van der Waals surface area contributed by atoms with Gasteiger partial charge in [0.25, 0.3) is 10.0 Å². The Balaban J connectivity index is 2.27. The molecule has 3 rings (SSSR count). The molecule has 2 aromatic heterocycles. The zero-order chi connectivity index (χ0) is 12.6. The van der Waals surface area contributed by atoms with E-state index in [1.807, 2.05) is 0 Å². The van der Waals surface area contributed by atoms with Gasteiger partial charge in [-0.2, -0.15) is 0 Å². The van der Waals surface area contributed by atoms with Crippen molar-refractivity contribution in [3.8, 4) is 0 Å². The maximum absolute atomic E-state index is 12.4. The van der Waals surface area contributed by atoms with E-state index in [0.717, 1.165) is 0 Å². The van der Waals surface area contributed by atoms with E-state index in [9.17, 15) is 8.42 Å². The van der Waals surface area contributed by atoms with E-state index in [1.165, 1.54) is 16.5 Å². The first-order valence-corrected chi connectivity index (χ1v) is 6.71. The molecule has 0 amide bonds. The number of aromatic nitrogens is 3. The number of hydrogen-bond donors (Lipinski definition) is 0. The number of benzene rings is 1. The van der Waals surface area contributed by atoms with Crippen LogP contribution < -0.4 is 0 Å². The predicted octanol–water partition coefficient (Wildman–Crippen LogP) is 1.67. The Morgan fingerprint density at radius 1 is 1.06 bits per heavy atom. The van der Waals surface area contributed by atoms with E-state index < -0.39 is 10.0 Å². The highest BCUT2D eigenvalue weighted by Crippen LogP contribution is 2.19. The summed E-state index contributed by atoms with van der Waals surface area (Å²) < 4.78 is 26.0. The van der Waals surface area contributed by atoms with Crippen LogP contribution in [0.3, 0.4) is 0 Å². The van der Waals surface area contributed by atoms with Crippen molar-refractivity contribution in [3.05, 3.63) is 55.1 Å². The van der Waals surface area contributed by atoms with Crippen molar-refractivity contribution in [1.29, 1.82) is 0 Å². The SMILES string of the molecule is O=S(=O)(c1ccccc1)n1ccc2cncnc21. The summed E-state index contributed by atoms with van der Waals surface area (Å²) >= 11 is 0. The molecule has 0 atom stereocenters. The van der Waals surface area contributed by atoms with E-state index >= 15 is 0 Å². The molecule has 0 aliphatic carbocycles. The zero-order valence-electron chi connectivity index (χ0n) is 9.26. The molecule has 6 heteroatoms. The molecule has 18 heavy (non-hydrogen) atoms. The molecule has 90 valence electrons. The van der Waals surface area contributed by atoms with Crippen molar-refractivity contribution in [2.24, 2.45) is 0 Å². The van der Waals surface area contributed by atoms with Gasteiger partial charge in [0.1, 0.15) is 6.33 Å². The Labute approximate surface area is 104 Å². The van der Waals surface area contributed by atoms with Crippen LogP contribution in [0, 0.1) is 0 Å². The van der Waals surface area contributed by atoms with Crippen LogP contribution in [0.15, 0.2) is 60.0 Å². The minimum absolute atomic E-state index is 0.237. The summed E-state index contributed by atoms with van der Waals surface area (Å²) in [6.07, 6.45) is 4.40. The van der Waals surface area contributed by atoms with Crippen LogP contribution in [0.4, 0.5) is 0 Å². The number of nitrogens with zero attached hydrogens (tertiary/aromatic N) is 3. The van der Waals surface area contributed by atoms with E-state index in [1.54, 1.807) is 42.6 Å². The Morgan fingerprint density at radius 2 is 1.83 bits per heavy atom. The highest BCUT2D eigenvalue weighted by Gasteiger charge is 2.18. The smallest absolute Gasteiger partial charge is 0.244 e. The lowest BCUT2D eigenvalue weighted by Gasteiger charge is -2.06. The van der Waals surface area contributed by atoms with Crippen LogP contribution in [0.1, 0.15) is 0 Å². The van der Waals surface area contributed by atoms with Gasteiger partial charge in [0.2, 0.25) is 0 Å². The van der Waals surface area contributed by atoms with E-state index in [2.05, 4.69) is 9.97 Å². The summed E-state index contributed by atoms with van der Waals surface area (Å²) in [5.74, 6) is 0. The summed E-state index contributed by atoms with van der Waals surface area (Å²) in [6, 6.07) is 9.94. The molecular formula is C12H9N3O2S. The molecular weight excluding hydrogens is 250 g/mol. The van der Waals surface area contributed by atoms with Crippen molar-refractivity contribution in [3.63, 3.8) is 0 Å². The van der Waals surface area contributed by atoms with Crippen molar-refractivity contribution >= 4 is 21.1 Å². The van der Waals surface area contributed by atoms with Gasteiger partial charge in [-0.1, -0.05) is 18.2 Å². The van der Waals surface area contributed by atoms with E-state index in [4.69, 9.17) is 0 Å². The number of hydrogen-bond acceptors (Lipinski definition) is 4. The molecule has 0 unspecified atom stereocenters. The number of rotatable bonds is 2. The first kappa shape index (κ1) is 10.9. The molecule has 0 N–H and O–H groups in total. The van der Waals surface area contributed by atoms with Crippen molar-refractivity contribution in [1.82, 2.24) is 13.9 Å². The first-order valence-electron chi connectivity index (χ1n) is 5.27. The van der Waals surface area contributed by atoms with Crippen LogP contribution in [-0.4, -0.2) is 22.4 Å². The van der Waals surface area contributed by atoms with Gasteiger partial charge in [-0.3, -0.25) is 0 Å². The molecule has 3 aromatic rings. The molecule has 0 bridgehead atoms. The summed E-state index contributed by atoms with van der Waals surface area (Å²) in [5, 5.41) is 0.692. The topological polar surface area (TPSA) is 64.8 Å². The molecule has 0 radical (unpaired) electrons. The quantitative estimate of drug-likeness (QED) is 0.702.